The third kappa shape index (κ3) is 2.31. The van der Waals surface area contributed by atoms with E-state index in [2.05, 4.69) is 4.98 Å². The number of fused-ring (bicyclic) bond motifs is 1. The molecule has 1 unspecified atom stereocenters. The second-order valence-corrected chi connectivity index (χ2v) is 7.07. The molecule has 0 fully saturated rings. The summed E-state index contributed by atoms with van der Waals surface area (Å²) in [6.45, 7) is 1.87. The molecular weight excluding hydrogens is 300 g/mol. The largest absolute Gasteiger partial charge is 0.306 e. The van der Waals surface area contributed by atoms with E-state index in [0.29, 0.717) is 17.3 Å². The predicted molar refractivity (Wildman–Crippen MR) is 83.2 cm³/mol. The molecule has 0 aliphatic rings. The Bertz CT molecular complexity index is 927. The Morgan fingerprint density at radius 2 is 1.77 bits per heavy atom. The van der Waals surface area contributed by atoms with Crippen LogP contribution in [0.3, 0.4) is 0 Å². The zero-order valence-corrected chi connectivity index (χ0v) is 12.7. The number of para-hydroxylation sites is 2. The lowest BCUT2D eigenvalue weighted by molar-refractivity contribution is -0.108. The summed E-state index contributed by atoms with van der Waals surface area (Å²) in [6.07, 6.45) is 1.82. The van der Waals surface area contributed by atoms with Crippen molar-refractivity contribution >= 4 is 27.2 Å². The highest BCUT2D eigenvalue weighted by Crippen LogP contribution is 2.26. The van der Waals surface area contributed by atoms with E-state index in [9.17, 15) is 13.2 Å². The summed E-state index contributed by atoms with van der Waals surface area (Å²) >= 11 is 0. The van der Waals surface area contributed by atoms with Gasteiger partial charge in [0, 0.05) is 0 Å². The number of aryl methyl sites for hydroxylation is 1. The number of nitrogens with zero attached hydrogens (tertiary/aromatic N) is 2. The van der Waals surface area contributed by atoms with Crippen LogP contribution in [-0.2, 0) is 14.6 Å². The zero-order valence-electron chi connectivity index (χ0n) is 11.9. The van der Waals surface area contributed by atoms with Crippen molar-refractivity contribution in [2.45, 2.75) is 17.2 Å². The Hall–Kier alpha value is -2.47. The van der Waals surface area contributed by atoms with E-state index >= 15 is 0 Å². The quantitative estimate of drug-likeness (QED) is 0.694. The van der Waals surface area contributed by atoms with Gasteiger partial charge in [0.05, 0.1) is 22.3 Å². The Morgan fingerprint density at radius 3 is 2.45 bits per heavy atom. The first kappa shape index (κ1) is 14.5. The smallest absolute Gasteiger partial charge is 0.206 e. The van der Waals surface area contributed by atoms with Crippen LogP contribution in [0.2, 0.25) is 0 Å². The number of sulfone groups is 1. The molecular formula is C16H14N2O3S. The number of aromatic nitrogens is 2. The molecule has 0 aliphatic carbocycles. The molecule has 1 aromatic heterocycles. The summed E-state index contributed by atoms with van der Waals surface area (Å²) in [4.78, 5) is 15.8. The van der Waals surface area contributed by atoms with Gasteiger partial charge in [-0.15, -0.1) is 0 Å². The van der Waals surface area contributed by atoms with Crippen molar-refractivity contribution in [2.24, 2.45) is 0 Å². The summed E-state index contributed by atoms with van der Waals surface area (Å²) in [5.74, 6) is 0. The minimum atomic E-state index is -3.83. The maximum absolute atomic E-state index is 12.7. The second-order valence-electron chi connectivity index (χ2n) is 5.03. The molecule has 1 atom stereocenters. The molecule has 0 saturated heterocycles. The van der Waals surface area contributed by atoms with E-state index in [4.69, 9.17) is 0 Å². The number of carbonyl (C=O) groups is 1. The second kappa shape index (κ2) is 5.38. The summed E-state index contributed by atoms with van der Waals surface area (Å²) in [7, 11) is -3.83. The van der Waals surface area contributed by atoms with Gasteiger partial charge in [0.2, 0.25) is 9.84 Å². The Balaban J connectivity index is 2.14. The average Bonchev–Trinajstić information content (AvgIpc) is 2.92. The van der Waals surface area contributed by atoms with Crippen LogP contribution in [0.4, 0.5) is 0 Å². The first-order valence-electron chi connectivity index (χ1n) is 6.71. The van der Waals surface area contributed by atoms with Gasteiger partial charge < -0.3 is 4.57 Å². The van der Waals surface area contributed by atoms with Gasteiger partial charge in [0.15, 0.2) is 11.7 Å². The van der Waals surface area contributed by atoms with Crippen LogP contribution in [0.1, 0.15) is 10.9 Å². The van der Waals surface area contributed by atoms with Crippen LogP contribution >= 0.6 is 0 Å². The highest BCUT2D eigenvalue weighted by Gasteiger charge is 2.29. The predicted octanol–water partition coefficient (Wildman–Crippen LogP) is 2.52. The van der Waals surface area contributed by atoms with Crippen LogP contribution in [0.15, 0.2) is 59.8 Å². The van der Waals surface area contributed by atoms with Gasteiger partial charge in [-0.3, -0.25) is 4.79 Å². The molecule has 0 amide bonds. The minimum Gasteiger partial charge on any atom is -0.306 e. The summed E-state index contributed by atoms with van der Waals surface area (Å²) in [5, 5.41) is -1.33. The summed E-state index contributed by atoms with van der Waals surface area (Å²) < 4.78 is 26.9. The highest BCUT2D eigenvalue weighted by molar-refractivity contribution is 7.92. The third-order valence-electron chi connectivity index (χ3n) is 3.54. The van der Waals surface area contributed by atoms with Crippen molar-refractivity contribution < 1.29 is 13.2 Å². The first-order valence-corrected chi connectivity index (χ1v) is 8.26. The van der Waals surface area contributed by atoms with Gasteiger partial charge in [-0.2, -0.15) is 0 Å². The van der Waals surface area contributed by atoms with Gasteiger partial charge in [0.1, 0.15) is 0 Å². The van der Waals surface area contributed by atoms with Gasteiger partial charge in [0.25, 0.3) is 0 Å². The van der Waals surface area contributed by atoms with E-state index in [1.54, 1.807) is 30.3 Å². The van der Waals surface area contributed by atoms with Gasteiger partial charge in [-0.1, -0.05) is 29.8 Å². The highest BCUT2D eigenvalue weighted by atomic mass is 32.2. The number of benzene rings is 2. The Kier molecular flexibility index (Phi) is 3.54. The lowest BCUT2D eigenvalue weighted by atomic mass is 10.2. The molecule has 0 saturated carbocycles. The molecule has 112 valence electrons. The van der Waals surface area contributed by atoms with E-state index in [1.807, 2.05) is 13.0 Å². The Labute approximate surface area is 128 Å². The molecule has 5 nitrogen and oxygen atoms in total. The molecule has 22 heavy (non-hydrogen) atoms. The molecule has 0 radical (unpaired) electrons. The van der Waals surface area contributed by atoms with Crippen LogP contribution in [0.5, 0.6) is 0 Å². The van der Waals surface area contributed by atoms with Crippen LogP contribution < -0.4 is 0 Å². The number of hydrogen-bond donors (Lipinski definition) is 0. The fourth-order valence-corrected chi connectivity index (χ4v) is 3.74. The van der Waals surface area contributed by atoms with Crippen molar-refractivity contribution in [1.29, 1.82) is 0 Å². The van der Waals surface area contributed by atoms with Gasteiger partial charge >= 0.3 is 0 Å². The van der Waals surface area contributed by atoms with Crippen molar-refractivity contribution in [3.63, 3.8) is 0 Å². The van der Waals surface area contributed by atoms with E-state index in [1.165, 1.54) is 23.0 Å². The fraction of sp³-hybridized carbons (Fsp3) is 0.125. The van der Waals surface area contributed by atoms with E-state index in [0.717, 1.165) is 5.56 Å². The molecule has 3 aromatic rings. The molecule has 0 spiro atoms. The van der Waals surface area contributed by atoms with Crippen molar-refractivity contribution in [2.75, 3.05) is 0 Å². The molecule has 3 rings (SSSR count). The van der Waals surface area contributed by atoms with E-state index in [-0.39, 0.29) is 4.90 Å². The number of rotatable bonds is 4. The van der Waals surface area contributed by atoms with Crippen LogP contribution in [0.25, 0.3) is 11.0 Å². The molecule has 0 aliphatic heterocycles. The van der Waals surface area contributed by atoms with Crippen molar-refractivity contribution in [3.8, 4) is 0 Å². The maximum atomic E-state index is 12.7. The van der Waals surface area contributed by atoms with Gasteiger partial charge in [-0.25, -0.2) is 13.4 Å². The maximum Gasteiger partial charge on any atom is 0.206 e. The lowest BCUT2D eigenvalue weighted by Gasteiger charge is -2.14. The molecule has 1 heterocycles. The Morgan fingerprint density at radius 1 is 1.09 bits per heavy atom. The van der Waals surface area contributed by atoms with E-state index < -0.39 is 15.2 Å². The SMILES string of the molecule is Cc1ccc(S(=O)(=O)C(C=O)n2cnc3ccccc32)cc1. The molecule has 0 N–H and O–H groups in total. The van der Waals surface area contributed by atoms with Crippen molar-refractivity contribution in [1.82, 2.24) is 9.55 Å². The molecule has 0 bridgehead atoms. The monoisotopic (exact) mass is 314 g/mol. The number of imidazole rings is 1. The van der Waals surface area contributed by atoms with Crippen LogP contribution in [-0.4, -0.2) is 24.3 Å². The summed E-state index contributed by atoms with van der Waals surface area (Å²) in [6, 6.07) is 13.5. The fourth-order valence-electron chi connectivity index (χ4n) is 2.34. The summed E-state index contributed by atoms with van der Waals surface area (Å²) in [5.41, 5.74) is 2.21. The average molecular weight is 314 g/mol. The normalized spacial score (nSPS) is 13.1. The topological polar surface area (TPSA) is 69.0 Å². The number of hydrogen-bond acceptors (Lipinski definition) is 4. The number of carbonyl (C=O) groups excluding carboxylic acids is 1. The third-order valence-corrected chi connectivity index (χ3v) is 5.44. The minimum absolute atomic E-state index is 0.119. The standard InChI is InChI=1S/C16H14N2O3S/c1-12-6-8-13(9-7-12)22(20,21)16(10-19)18-11-17-14-4-2-3-5-15(14)18/h2-11,16H,1H3. The van der Waals surface area contributed by atoms with Crippen molar-refractivity contribution in [3.05, 3.63) is 60.4 Å². The first-order chi connectivity index (χ1) is 10.5. The van der Waals surface area contributed by atoms with Gasteiger partial charge in [-0.05, 0) is 31.2 Å². The lowest BCUT2D eigenvalue weighted by Crippen LogP contribution is -2.21. The van der Waals surface area contributed by atoms with Crippen LogP contribution in [0, 0.1) is 6.92 Å². The number of aldehydes is 1. The molecule has 2 aromatic carbocycles. The zero-order chi connectivity index (χ0) is 15.7. The molecule has 6 heteroatoms.